The zero-order valence-corrected chi connectivity index (χ0v) is 25.8. The van der Waals surface area contributed by atoms with E-state index in [1.807, 2.05) is 46.8 Å². The lowest BCUT2D eigenvalue weighted by Crippen LogP contribution is -2.29. The number of aliphatic carboxylic acids is 2. The number of aromatic amines is 2. The topological polar surface area (TPSA) is 165 Å². The van der Waals surface area contributed by atoms with E-state index in [0.717, 1.165) is 56.3 Å². The molecule has 0 bridgehead atoms. The van der Waals surface area contributed by atoms with Crippen LogP contribution in [0.1, 0.15) is 87.0 Å². The van der Waals surface area contributed by atoms with Crippen LogP contribution in [0.5, 0.6) is 0 Å². The molecule has 10 nitrogen and oxygen atoms in total. The quantitative estimate of drug-likeness (QED) is 0.255. The fourth-order valence-corrected chi connectivity index (χ4v) is 6.46. The van der Waals surface area contributed by atoms with Crippen LogP contribution in [-0.4, -0.2) is 55.7 Å². The van der Waals surface area contributed by atoms with Gasteiger partial charge in [-0.2, -0.15) is 0 Å². The fourth-order valence-electron chi connectivity index (χ4n) is 6.46. The van der Waals surface area contributed by atoms with Crippen molar-refractivity contribution in [1.82, 2.24) is 15.3 Å². The molecule has 1 fully saturated rings. The number of aliphatic imine (C=N–C) groups is 1. The van der Waals surface area contributed by atoms with Crippen LogP contribution < -0.4 is 16.0 Å². The third-order valence-corrected chi connectivity index (χ3v) is 9.16. The van der Waals surface area contributed by atoms with E-state index in [9.17, 15) is 29.4 Å². The van der Waals surface area contributed by atoms with Crippen LogP contribution >= 0.6 is 0 Å². The van der Waals surface area contributed by atoms with E-state index < -0.39 is 11.9 Å². The maximum atomic E-state index is 12.4. The highest BCUT2D eigenvalue weighted by Crippen LogP contribution is 2.28. The number of carbonyl (C=O) groups is 4. The first-order valence-electron chi connectivity index (χ1n) is 15.0. The molecule has 0 saturated carbocycles. The second-order valence-electron chi connectivity index (χ2n) is 11.7. The number of nitrogens with zero attached hydrogens (tertiary/aromatic N) is 1. The lowest BCUT2D eigenvalue weighted by Gasteiger charge is -2.15. The number of carbonyl (C=O) groups excluding carboxylic acids is 2. The van der Waals surface area contributed by atoms with E-state index in [1.165, 1.54) is 0 Å². The molecule has 0 aliphatic carbocycles. The molecule has 4 rings (SSSR count). The van der Waals surface area contributed by atoms with Crippen molar-refractivity contribution in [3.8, 4) is 0 Å². The van der Waals surface area contributed by atoms with E-state index in [4.69, 9.17) is 0 Å². The molecule has 2 aliphatic heterocycles. The number of rotatable bonds is 12. The van der Waals surface area contributed by atoms with E-state index >= 15 is 0 Å². The Morgan fingerprint density at radius 3 is 2.16 bits per heavy atom. The molecular formula is C33H42N4O6. The minimum Gasteiger partial charge on any atom is -0.481 e. The largest absolute Gasteiger partial charge is 0.481 e. The number of H-pyrrole nitrogens is 2. The molecule has 3 atom stereocenters. The molecule has 2 amide bonds. The lowest BCUT2D eigenvalue weighted by atomic mass is 9.89. The molecule has 1 saturated heterocycles. The van der Waals surface area contributed by atoms with Gasteiger partial charge in [0.05, 0.1) is 11.8 Å². The van der Waals surface area contributed by atoms with Gasteiger partial charge in [-0.3, -0.25) is 19.2 Å². The summed E-state index contributed by atoms with van der Waals surface area (Å²) in [5.74, 6) is -1.93. The van der Waals surface area contributed by atoms with Gasteiger partial charge in [-0.05, 0) is 85.9 Å². The van der Waals surface area contributed by atoms with Gasteiger partial charge < -0.3 is 25.5 Å². The SMILES string of the molecule is CCC1=C(C)C(Cc2[nH]c(/C=c3\[nH]/c(=C/C4NC(=O)[C@H](C)[C@H]4CC)c(C)c3CCC(=O)O)c(CCC(=O)O)c2C)=NC1=O. The number of nitrogens with one attached hydrogen (secondary N) is 3. The van der Waals surface area contributed by atoms with Crippen molar-refractivity contribution < 1.29 is 29.4 Å². The van der Waals surface area contributed by atoms with Crippen molar-refractivity contribution in [2.45, 2.75) is 92.5 Å². The average molecular weight is 591 g/mol. The number of aromatic nitrogens is 2. The predicted molar refractivity (Wildman–Crippen MR) is 164 cm³/mol. The number of carboxylic acids is 2. The Bertz CT molecular complexity index is 1650. The zero-order chi connectivity index (χ0) is 31.6. The summed E-state index contributed by atoms with van der Waals surface area (Å²) in [4.78, 5) is 59.1. The maximum Gasteiger partial charge on any atom is 0.303 e. The summed E-state index contributed by atoms with van der Waals surface area (Å²) in [6.45, 7) is 11.7. The van der Waals surface area contributed by atoms with Crippen LogP contribution in [0.4, 0.5) is 0 Å². The summed E-state index contributed by atoms with van der Waals surface area (Å²) in [5.41, 5.74) is 7.42. The summed E-state index contributed by atoms with van der Waals surface area (Å²) in [6, 6.07) is -0.144. The first-order chi connectivity index (χ1) is 20.4. The maximum absolute atomic E-state index is 12.4. The van der Waals surface area contributed by atoms with E-state index in [1.54, 1.807) is 0 Å². The Morgan fingerprint density at radius 2 is 1.58 bits per heavy atom. The summed E-state index contributed by atoms with van der Waals surface area (Å²) in [6.07, 6.45) is 6.32. The van der Waals surface area contributed by atoms with E-state index in [0.29, 0.717) is 37.0 Å². The van der Waals surface area contributed by atoms with E-state index in [2.05, 4.69) is 27.2 Å². The molecule has 1 unspecified atom stereocenters. The Morgan fingerprint density at radius 1 is 0.930 bits per heavy atom. The van der Waals surface area contributed by atoms with Gasteiger partial charge in [-0.15, -0.1) is 0 Å². The van der Waals surface area contributed by atoms with Crippen molar-refractivity contribution in [3.05, 3.63) is 55.5 Å². The molecule has 2 aromatic heterocycles. The molecule has 4 heterocycles. The Labute approximate surface area is 251 Å². The number of hydrogen-bond donors (Lipinski definition) is 5. The average Bonchev–Trinajstić information content (AvgIpc) is 3.59. The number of hydrogen-bond acceptors (Lipinski definition) is 4. The van der Waals surface area contributed by atoms with Crippen molar-refractivity contribution >= 4 is 41.6 Å². The van der Waals surface area contributed by atoms with Gasteiger partial charge in [-0.1, -0.05) is 27.2 Å². The van der Waals surface area contributed by atoms with Gasteiger partial charge in [0.15, 0.2) is 0 Å². The van der Waals surface area contributed by atoms with Crippen molar-refractivity contribution in [3.63, 3.8) is 0 Å². The zero-order valence-electron chi connectivity index (χ0n) is 25.8. The molecule has 2 aromatic rings. The van der Waals surface area contributed by atoms with Gasteiger partial charge in [0.25, 0.3) is 5.91 Å². The summed E-state index contributed by atoms with van der Waals surface area (Å²) < 4.78 is 0. The van der Waals surface area contributed by atoms with Gasteiger partial charge in [0.2, 0.25) is 5.91 Å². The molecule has 230 valence electrons. The van der Waals surface area contributed by atoms with Gasteiger partial charge in [-0.25, -0.2) is 4.99 Å². The first kappa shape index (κ1) is 31.7. The van der Waals surface area contributed by atoms with Crippen molar-refractivity contribution in [2.24, 2.45) is 16.8 Å². The normalized spacial score (nSPS) is 21.3. The first-order valence-corrected chi connectivity index (χ1v) is 15.0. The molecular weight excluding hydrogens is 548 g/mol. The minimum absolute atomic E-state index is 0.0253. The second kappa shape index (κ2) is 13.0. The summed E-state index contributed by atoms with van der Waals surface area (Å²) in [5, 5.41) is 23.5. The molecule has 43 heavy (non-hydrogen) atoms. The highest BCUT2D eigenvalue weighted by molar-refractivity contribution is 6.19. The van der Waals surface area contributed by atoms with Crippen LogP contribution in [0.15, 0.2) is 16.1 Å². The van der Waals surface area contributed by atoms with Gasteiger partial charge >= 0.3 is 11.9 Å². The van der Waals surface area contributed by atoms with Gasteiger partial charge in [0, 0.05) is 52.8 Å². The monoisotopic (exact) mass is 590 g/mol. The smallest absolute Gasteiger partial charge is 0.303 e. The van der Waals surface area contributed by atoms with E-state index in [-0.39, 0.29) is 42.5 Å². The van der Waals surface area contributed by atoms with Crippen LogP contribution in [0.25, 0.3) is 12.2 Å². The van der Waals surface area contributed by atoms with Crippen LogP contribution in [0, 0.1) is 25.7 Å². The van der Waals surface area contributed by atoms with Gasteiger partial charge in [0.1, 0.15) is 0 Å². The summed E-state index contributed by atoms with van der Waals surface area (Å²) >= 11 is 0. The molecule has 0 aromatic carbocycles. The van der Waals surface area contributed by atoms with Crippen LogP contribution in [0.3, 0.4) is 0 Å². The molecule has 0 spiro atoms. The molecule has 10 heteroatoms. The lowest BCUT2D eigenvalue weighted by molar-refractivity contribution is -0.138. The third-order valence-electron chi connectivity index (χ3n) is 9.16. The van der Waals surface area contributed by atoms with Crippen molar-refractivity contribution in [1.29, 1.82) is 0 Å². The van der Waals surface area contributed by atoms with Crippen LogP contribution in [-0.2, 0) is 38.4 Å². The number of carboxylic acid groups (broad SMARTS) is 2. The molecule has 5 N–H and O–H groups in total. The molecule has 0 radical (unpaired) electrons. The standard InChI is InChI=1S/C33H42N4O6/c1-7-20-19(6)32(42)37-27(20)14-25-18(5)23(10-12-31(40)41)29(35-25)15-28-22(9-11-30(38)39)17(4)24(34-28)13-26-16(3)21(8-2)33(43)36-26/h14-15,19-20,27,34-35H,7-13H2,1-6H3,(H,37,42)(H,38,39)(H,40,41)/b25-14+,29-15-/t19-,20-,27?/m1/s1. The highest BCUT2D eigenvalue weighted by Gasteiger charge is 2.36. The second-order valence-corrected chi connectivity index (χ2v) is 11.7. The molecule has 2 aliphatic rings. The Kier molecular flexibility index (Phi) is 9.57. The van der Waals surface area contributed by atoms with Crippen molar-refractivity contribution in [2.75, 3.05) is 0 Å². The Hall–Kier alpha value is -4.21. The predicted octanol–water partition coefficient (Wildman–Crippen LogP) is 3.01. The minimum atomic E-state index is -0.904. The van der Waals surface area contributed by atoms with Crippen LogP contribution in [0.2, 0.25) is 0 Å². The third kappa shape index (κ3) is 6.58. The fraction of sp³-hybridized carbons (Fsp3) is 0.485. The Balaban J connectivity index is 1.84. The highest BCUT2D eigenvalue weighted by atomic mass is 16.4. The number of allylic oxidation sites excluding steroid dienone is 1. The number of amides is 2. The summed E-state index contributed by atoms with van der Waals surface area (Å²) in [7, 11) is 0.